The van der Waals surface area contributed by atoms with Gasteiger partial charge in [-0.1, -0.05) is 13.8 Å². The second-order valence-electron chi connectivity index (χ2n) is 4.53. The van der Waals surface area contributed by atoms with Crippen LogP contribution in [0.4, 0.5) is 5.95 Å². The highest BCUT2D eigenvalue weighted by molar-refractivity contribution is 5.85. The average Bonchev–Trinajstić information content (AvgIpc) is 2.87. The lowest BCUT2D eigenvalue weighted by atomic mass is 10.2. The molecule has 0 aliphatic heterocycles. The molecular formula is C12H16N6O2. The predicted molar refractivity (Wildman–Crippen MR) is 71.6 cm³/mol. The number of carbonyl (C=O) groups is 1. The van der Waals surface area contributed by atoms with Gasteiger partial charge in [-0.05, 0) is 6.07 Å². The Morgan fingerprint density at radius 3 is 3.00 bits per heavy atom. The second-order valence-corrected chi connectivity index (χ2v) is 4.53. The smallest absolute Gasteiger partial charge is 0.354 e. The van der Waals surface area contributed by atoms with Crippen LogP contribution in [0, 0.1) is 0 Å². The van der Waals surface area contributed by atoms with Crippen molar-refractivity contribution in [1.82, 2.24) is 24.7 Å². The molecule has 0 atom stereocenters. The van der Waals surface area contributed by atoms with E-state index in [-0.39, 0.29) is 5.69 Å². The van der Waals surface area contributed by atoms with E-state index in [4.69, 9.17) is 5.11 Å². The zero-order chi connectivity index (χ0) is 14.5. The van der Waals surface area contributed by atoms with Crippen LogP contribution in [-0.2, 0) is 6.54 Å². The quantitative estimate of drug-likeness (QED) is 0.810. The highest BCUT2D eigenvalue weighted by Gasteiger charge is 2.09. The standard InChI is InChI=1S/C12H16N6O2/c1-8(2)10-17-15-7-18(10)6-5-14-12-13-4-3-9(16-12)11(19)20/h3-4,7-8H,5-6H2,1-2H3,(H,19,20)(H,13,14,16). The molecule has 106 valence electrons. The van der Waals surface area contributed by atoms with Gasteiger partial charge in [-0.15, -0.1) is 10.2 Å². The summed E-state index contributed by atoms with van der Waals surface area (Å²) >= 11 is 0. The molecule has 0 fully saturated rings. The van der Waals surface area contributed by atoms with Crippen molar-refractivity contribution in [2.24, 2.45) is 0 Å². The van der Waals surface area contributed by atoms with Crippen molar-refractivity contribution in [2.45, 2.75) is 26.3 Å². The highest BCUT2D eigenvalue weighted by Crippen LogP contribution is 2.10. The van der Waals surface area contributed by atoms with E-state index >= 15 is 0 Å². The third-order valence-electron chi connectivity index (χ3n) is 2.67. The van der Waals surface area contributed by atoms with E-state index in [1.165, 1.54) is 12.3 Å². The monoisotopic (exact) mass is 276 g/mol. The van der Waals surface area contributed by atoms with Gasteiger partial charge in [0.15, 0.2) is 5.69 Å². The molecule has 2 heterocycles. The first-order valence-corrected chi connectivity index (χ1v) is 6.26. The molecule has 0 aliphatic carbocycles. The van der Waals surface area contributed by atoms with Gasteiger partial charge >= 0.3 is 5.97 Å². The lowest BCUT2D eigenvalue weighted by Gasteiger charge is -2.09. The van der Waals surface area contributed by atoms with Crippen LogP contribution < -0.4 is 5.32 Å². The van der Waals surface area contributed by atoms with Crippen LogP contribution in [0.25, 0.3) is 0 Å². The number of carboxylic acids is 1. The Morgan fingerprint density at radius 1 is 1.50 bits per heavy atom. The molecule has 8 nitrogen and oxygen atoms in total. The van der Waals surface area contributed by atoms with Gasteiger partial charge in [0.25, 0.3) is 0 Å². The molecule has 20 heavy (non-hydrogen) atoms. The fourth-order valence-corrected chi connectivity index (χ4v) is 1.73. The number of rotatable bonds is 6. The molecule has 2 rings (SSSR count). The molecule has 0 aromatic carbocycles. The number of carboxylic acid groups (broad SMARTS) is 1. The molecule has 0 spiro atoms. The summed E-state index contributed by atoms with van der Waals surface area (Å²) in [6, 6.07) is 1.35. The predicted octanol–water partition coefficient (Wildman–Crippen LogP) is 1.00. The van der Waals surface area contributed by atoms with Crippen molar-refractivity contribution in [3.8, 4) is 0 Å². The van der Waals surface area contributed by atoms with Gasteiger partial charge < -0.3 is 15.0 Å². The van der Waals surface area contributed by atoms with Crippen LogP contribution in [0.15, 0.2) is 18.6 Å². The zero-order valence-electron chi connectivity index (χ0n) is 11.3. The van der Waals surface area contributed by atoms with E-state index < -0.39 is 5.97 Å². The average molecular weight is 276 g/mol. The summed E-state index contributed by atoms with van der Waals surface area (Å²) in [7, 11) is 0. The minimum Gasteiger partial charge on any atom is -0.477 e. The first-order valence-electron chi connectivity index (χ1n) is 6.26. The van der Waals surface area contributed by atoms with E-state index in [1.54, 1.807) is 6.33 Å². The Bertz CT molecular complexity index is 595. The van der Waals surface area contributed by atoms with Crippen LogP contribution in [0.2, 0.25) is 0 Å². The Balaban J connectivity index is 1.94. The molecule has 8 heteroatoms. The number of aromatic carboxylic acids is 1. The van der Waals surface area contributed by atoms with Gasteiger partial charge in [0.2, 0.25) is 5.95 Å². The van der Waals surface area contributed by atoms with E-state index in [9.17, 15) is 4.79 Å². The van der Waals surface area contributed by atoms with Crippen molar-refractivity contribution in [3.05, 3.63) is 30.1 Å². The summed E-state index contributed by atoms with van der Waals surface area (Å²) < 4.78 is 1.94. The Morgan fingerprint density at radius 2 is 2.30 bits per heavy atom. The Kier molecular flexibility index (Phi) is 4.24. The maximum Gasteiger partial charge on any atom is 0.354 e. The Labute approximate surface area is 115 Å². The number of hydrogen-bond acceptors (Lipinski definition) is 6. The molecule has 0 saturated carbocycles. The van der Waals surface area contributed by atoms with Crippen LogP contribution >= 0.6 is 0 Å². The van der Waals surface area contributed by atoms with Crippen molar-refractivity contribution >= 4 is 11.9 Å². The van der Waals surface area contributed by atoms with Crippen molar-refractivity contribution < 1.29 is 9.90 Å². The minimum absolute atomic E-state index is 0.0327. The second kappa shape index (κ2) is 6.09. The van der Waals surface area contributed by atoms with E-state index in [2.05, 4.69) is 25.5 Å². The molecule has 2 aromatic rings. The Hall–Kier alpha value is -2.51. The minimum atomic E-state index is -1.07. The summed E-state index contributed by atoms with van der Waals surface area (Å²) in [6.07, 6.45) is 3.09. The molecule has 0 amide bonds. The number of nitrogens with one attached hydrogen (secondary N) is 1. The molecule has 2 N–H and O–H groups in total. The number of aromatic nitrogens is 5. The summed E-state index contributed by atoms with van der Waals surface area (Å²) in [5.41, 5.74) is -0.0327. The zero-order valence-corrected chi connectivity index (χ0v) is 11.3. The maximum absolute atomic E-state index is 10.8. The molecule has 0 radical (unpaired) electrons. The van der Waals surface area contributed by atoms with Crippen molar-refractivity contribution in [1.29, 1.82) is 0 Å². The number of anilines is 1. The molecule has 0 saturated heterocycles. The summed E-state index contributed by atoms with van der Waals surface area (Å²) in [4.78, 5) is 18.7. The fraction of sp³-hybridized carbons (Fsp3) is 0.417. The third-order valence-corrected chi connectivity index (χ3v) is 2.67. The van der Waals surface area contributed by atoms with Crippen molar-refractivity contribution in [3.63, 3.8) is 0 Å². The molecule has 0 unspecified atom stereocenters. The number of nitrogens with zero attached hydrogens (tertiary/aromatic N) is 5. The lowest BCUT2D eigenvalue weighted by Crippen LogP contribution is -2.15. The van der Waals surface area contributed by atoms with Crippen LogP contribution in [0.5, 0.6) is 0 Å². The largest absolute Gasteiger partial charge is 0.477 e. The van der Waals surface area contributed by atoms with Gasteiger partial charge in [0.05, 0.1) is 0 Å². The summed E-state index contributed by atoms with van der Waals surface area (Å²) in [5.74, 6) is 0.427. The molecule has 0 bridgehead atoms. The van der Waals surface area contributed by atoms with Gasteiger partial charge in [-0.2, -0.15) is 0 Å². The van der Waals surface area contributed by atoms with Crippen LogP contribution in [0.1, 0.15) is 36.1 Å². The fourth-order valence-electron chi connectivity index (χ4n) is 1.73. The van der Waals surface area contributed by atoms with E-state index in [0.717, 1.165) is 5.82 Å². The summed E-state index contributed by atoms with van der Waals surface area (Å²) in [5, 5.41) is 19.8. The van der Waals surface area contributed by atoms with Gasteiger partial charge in [-0.3, -0.25) is 0 Å². The van der Waals surface area contributed by atoms with Crippen LogP contribution in [-0.4, -0.2) is 42.4 Å². The van der Waals surface area contributed by atoms with Crippen LogP contribution in [0.3, 0.4) is 0 Å². The van der Waals surface area contributed by atoms with E-state index in [1.807, 2.05) is 18.4 Å². The summed E-state index contributed by atoms with van der Waals surface area (Å²) in [6.45, 7) is 5.31. The highest BCUT2D eigenvalue weighted by atomic mass is 16.4. The van der Waals surface area contributed by atoms with Crippen molar-refractivity contribution in [2.75, 3.05) is 11.9 Å². The third kappa shape index (κ3) is 3.28. The molecule has 2 aromatic heterocycles. The SMILES string of the molecule is CC(C)c1nncn1CCNc1nccc(C(=O)O)n1. The lowest BCUT2D eigenvalue weighted by molar-refractivity contribution is 0.0690. The topological polar surface area (TPSA) is 106 Å². The molecular weight excluding hydrogens is 260 g/mol. The van der Waals surface area contributed by atoms with Gasteiger partial charge in [0.1, 0.15) is 12.2 Å². The van der Waals surface area contributed by atoms with E-state index in [0.29, 0.717) is 25.0 Å². The maximum atomic E-state index is 10.8. The van der Waals surface area contributed by atoms with Gasteiger partial charge in [0, 0.05) is 25.2 Å². The molecule has 0 aliphatic rings. The van der Waals surface area contributed by atoms with Gasteiger partial charge in [-0.25, -0.2) is 14.8 Å². The first kappa shape index (κ1) is 13.9. The first-order chi connectivity index (χ1) is 9.58. The number of hydrogen-bond donors (Lipinski definition) is 2. The normalized spacial score (nSPS) is 10.8.